The molecule has 0 atom stereocenters. The smallest absolute Gasteiger partial charge is 0.225 e. The lowest BCUT2D eigenvalue weighted by Gasteiger charge is -2.35. The summed E-state index contributed by atoms with van der Waals surface area (Å²) in [6.45, 7) is 5.33. The van der Waals surface area contributed by atoms with Gasteiger partial charge in [-0.15, -0.1) is 0 Å². The van der Waals surface area contributed by atoms with Crippen molar-refractivity contribution in [2.45, 2.75) is 38.6 Å². The molecule has 1 aromatic rings. The van der Waals surface area contributed by atoms with Crippen LogP contribution in [-0.2, 0) is 9.53 Å². The molecule has 0 aliphatic carbocycles. The molecule has 2 aliphatic heterocycles. The number of rotatable bonds is 3. The van der Waals surface area contributed by atoms with E-state index in [4.69, 9.17) is 4.74 Å². The summed E-state index contributed by atoms with van der Waals surface area (Å²) in [5, 5.41) is 3.59. The second kappa shape index (κ2) is 7.14. The molecule has 0 spiro atoms. The summed E-state index contributed by atoms with van der Waals surface area (Å²) >= 11 is 0. The summed E-state index contributed by atoms with van der Waals surface area (Å²) in [4.78, 5) is 14.6. The number of nitrogens with one attached hydrogen (secondary N) is 1. The zero-order valence-corrected chi connectivity index (χ0v) is 13.4. The molecule has 0 radical (unpaired) electrons. The van der Waals surface area contributed by atoms with E-state index in [1.807, 2.05) is 0 Å². The number of hydrogen-bond donors (Lipinski definition) is 1. The van der Waals surface area contributed by atoms with Crippen LogP contribution in [0.3, 0.4) is 0 Å². The topological polar surface area (TPSA) is 41.6 Å². The monoisotopic (exact) mass is 302 g/mol. The Morgan fingerprint density at radius 2 is 1.73 bits per heavy atom. The van der Waals surface area contributed by atoms with Crippen LogP contribution in [0.1, 0.15) is 31.2 Å². The van der Waals surface area contributed by atoms with Gasteiger partial charge in [-0.1, -0.05) is 17.7 Å². The molecule has 0 saturated carbocycles. The van der Waals surface area contributed by atoms with Crippen LogP contribution in [0.15, 0.2) is 24.3 Å². The Morgan fingerprint density at radius 3 is 2.36 bits per heavy atom. The van der Waals surface area contributed by atoms with Gasteiger partial charge in [0.25, 0.3) is 0 Å². The van der Waals surface area contributed by atoms with Crippen molar-refractivity contribution in [2.75, 3.05) is 31.6 Å². The first kappa shape index (κ1) is 15.3. The second-order valence-electron chi connectivity index (χ2n) is 6.50. The number of piperidine rings is 1. The highest BCUT2D eigenvalue weighted by Gasteiger charge is 2.29. The number of amides is 1. The molecule has 1 amide bonds. The maximum atomic E-state index is 12.5. The van der Waals surface area contributed by atoms with Gasteiger partial charge in [0.1, 0.15) is 0 Å². The van der Waals surface area contributed by atoms with Crippen molar-refractivity contribution in [1.82, 2.24) is 4.90 Å². The van der Waals surface area contributed by atoms with Gasteiger partial charge in [0, 0.05) is 44.0 Å². The van der Waals surface area contributed by atoms with E-state index in [1.165, 1.54) is 11.3 Å². The third-order valence-corrected chi connectivity index (χ3v) is 4.80. The van der Waals surface area contributed by atoms with Crippen molar-refractivity contribution in [1.29, 1.82) is 0 Å². The van der Waals surface area contributed by atoms with E-state index in [-0.39, 0.29) is 5.92 Å². The molecule has 2 fully saturated rings. The lowest BCUT2D eigenvalue weighted by molar-refractivity contribution is -0.139. The van der Waals surface area contributed by atoms with Crippen molar-refractivity contribution in [3.05, 3.63) is 29.8 Å². The average molecular weight is 302 g/mol. The maximum absolute atomic E-state index is 12.5. The van der Waals surface area contributed by atoms with Gasteiger partial charge >= 0.3 is 0 Å². The van der Waals surface area contributed by atoms with Gasteiger partial charge in [0.2, 0.25) is 5.91 Å². The molecule has 0 bridgehead atoms. The summed E-state index contributed by atoms with van der Waals surface area (Å²) < 4.78 is 5.35. The lowest BCUT2D eigenvalue weighted by Crippen LogP contribution is -2.45. The molecule has 4 heteroatoms. The normalized spacial score (nSPS) is 20.9. The Morgan fingerprint density at radius 1 is 1.09 bits per heavy atom. The van der Waals surface area contributed by atoms with E-state index in [2.05, 4.69) is 41.4 Å². The minimum absolute atomic E-state index is 0.190. The first-order valence-electron chi connectivity index (χ1n) is 8.42. The fourth-order valence-corrected chi connectivity index (χ4v) is 3.33. The van der Waals surface area contributed by atoms with Gasteiger partial charge in [-0.3, -0.25) is 4.79 Å². The molecule has 2 aliphatic rings. The first-order chi connectivity index (χ1) is 10.7. The van der Waals surface area contributed by atoms with Crippen LogP contribution in [0.5, 0.6) is 0 Å². The molecule has 0 unspecified atom stereocenters. The van der Waals surface area contributed by atoms with Gasteiger partial charge in [0.15, 0.2) is 0 Å². The Labute approximate surface area is 132 Å². The summed E-state index contributed by atoms with van der Waals surface area (Å²) in [7, 11) is 0. The lowest BCUT2D eigenvalue weighted by atomic mass is 9.96. The van der Waals surface area contributed by atoms with Gasteiger partial charge in [0.05, 0.1) is 0 Å². The molecule has 4 nitrogen and oxygen atoms in total. The van der Waals surface area contributed by atoms with Crippen molar-refractivity contribution < 1.29 is 9.53 Å². The van der Waals surface area contributed by atoms with Gasteiger partial charge in [-0.25, -0.2) is 0 Å². The highest BCUT2D eigenvalue weighted by Crippen LogP contribution is 2.22. The minimum Gasteiger partial charge on any atom is -0.382 e. The van der Waals surface area contributed by atoms with Crippen LogP contribution in [0.25, 0.3) is 0 Å². The zero-order valence-electron chi connectivity index (χ0n) is 13.4. The van der Waals surface area contributed by atoms with E-state index in [9.17, 15) is 4.79 Å². The molecule has 120 valence electrons. The SMILES string of the molecule is Cc1ccc(NC2CCN(C(=O)C3CCOCC3)CC2)cc1. The number of hydrogen-bond acceptors (Lipinski definition) is 3. The van der Waals surface area contributed by atoms with E-state index in [0.717, 1.165) is 52.0 Å². The third kappa shape index (κ3) is 3.80. The third-order valence-electron chi connectivity index (χ3n) is 4.80. The number of ether oxygens (including phenoxy) is 1. The van der Waals surface area contributed by atoms with E-state index < -0.39 is 0 Å². The molecule has 0 aromatic heterocycles. The van der Waals surface area contributed by atoms with Crippen LogP contribution in [0.2, 0.25) is 0 Å². The van der Waals surface area contributed by atoms with Gasteiger partial charge in [-0.05, 0) is 44.7 Å². The van der Waals surface area contributed by atoms with Crippen LogP contribution in [0, 0.1) is 12.8 Å². The zero-order chi connectivity index (χ0) is 15.4. The molecule has 1 aromatic carbocycles. The minimum atomic E-state index is 0.190. The predicted molar refractivity (Wildman–Crippen MR) is 87.9 cm³/mol. The molecule has 2 saturated heterocycles. The largest absolute Gasteiger partial charge is 0.382 e. The quantitative estimate of drug-likeness (QED) is 0.933. The van der Waals surface area contributed by atoms with Crippen molar-refractivity contribution >= 4 is 11.6 Å². The summed E-state index contributed by atoms with van der Waals surface area (Å²) in [6, 6.07) is 9.00. The number of likely N-dealkylation sites (tertiary alicyclic amines) is 1. The number of nitrogens with zero attached hydrogens (tertiary/aromatic N) is 1. The van der Waals surface area contributed by atoms with Crippen LogP contribution >= 0.6 is 0 Å². The van der Waals surface area contributed by atoms with Gasteiger partial charge in [-0.2, -0.15) is 0 Å². The van der Waals surface area contributed by atoms with E-state index in [1.54, 1.807) is 0 Å². The molecule has 1 N–H and O–H groups in total. The highest BCUT2D eigenvalue weighted by molar-refractivity contribution is 5.79. The Bertz CT molecular complexity index is 486. The van der Waals surface area contributed by atoms with Crippen molar-refractivity contribution in [3.63, 3.8) is 0 Å². The summed E-state index contributed by atoms with van der Waals surface area (Å²) in [6.07, 6.45) is 3.84. The van der Waals surface area contributed by atoms with Crippen LogP contribution in [0.4, 0.5) is 5.69 Å². The predicted octanol–water partition coefficient (Wildman–Crippen LogP) is 2.82. The fourth-order valence-electron chi connectivity index (χ4n) is 3.33. The average Bonchev–Trinajstić information content (AvgIpc) is 2.58. The first-order valence-corrected chi connectivity index (χ1v) is 8.42. The Kier molecular flexibility index (Phi) is 4.98. The Hall–Kier alpha value is -1.55. The van der Waals surface area contributed by atoms with Crippen molar-refractivity contribution in [3.8, 4) is 0 Å². The summed E-state index contributed by atoms with van der Waals surface area (Å²) in [5.41, 5.74) is 2.46. The highest BCUT2D eigenvalue weighted by atomic mass is 16.5. The molecule has 22 heavy (non-hydrogen) atoms. The van der Waals surface area contributed by atoms with E-state index >= 15 is 0 Å². The molecule has 2 heterocycles. The second-order valence-corrected chi connectivity index (χ2v) is 6.50. The number of carbonyl (C=O) groups excluding carboxylic acids is 1. The Balaban J connectivity index is 1.47. The molecular weight excluding hydrogens is 276 g/mol. The number of benzene rings is 1. The molecule has 3 rings (SSSR count). The fraction of sp³-hybridized carbons (Fsp3) is 0.611. The number of aryl methyl sites for hydroxylation is 1. The number of carbonyl (C=O) groups is 1. The standard InChI is InChI=1S/C18H26N2O2/c1-14-2-4-16(5-3-14)19-17-6-10-20(11-7-17)18(21)15-8-12-22-13-9-15/h2-5,15,17,19H,6-13H2,1H3. The van der Waals surface area contributed by atoms with Crippen molar-refractivity contribution in [2.24, 2.45) is 5.92 Å². The number of anilines is 1. The summed E-state index contributed by atoms with van der Waals surface area (Å²) in [5.74, 6) is 0.535. The maximum Gasteiger partial charge on any atom is 0.225 e. The van der Waals surface area contributed by atoms with E-state index in [0.29, 0.717) is 11.9 Å². The van der Waals surface area contributed by atoms with Gasteiger partial charge < -0.3 is 15.0 Å². The van der Waals surface area contributed by atoms with Crippen LogP contribution in [-0.4, -0.2) is 43.2 Å². The molecular formula is C18H26N2O2. The van der Waals surface area contributed by atoms with Crippen LogP contribution < -0.4 is 5.32 Å².